The first-order valence-corrected chi connectivity index (χ1v) is 7.67. The quantitative estimate of drug-likeness (QED) is 0.722. The van der Waals surface area contributed by atoms with Gasteiger partial charge in [-0.2, -0.15) is 0 Å². The van der Waals surface area contributed by atoms with Crippen molar-refractivity contribution in [2.75, 3.05) is 5.32 Å². The first-order valence-electron chi connectivity index (χ1n) is 7.67. The van der Waals surface area contributed by atoms with Gasteiger partial charge in [0.05, 0.1) is 6.42 Å². The highest BCUT2D eigenvalue weighted by Crippen LogP contribution is 2.10. The molecule has 0 aliphatic rings. The van der Waals surface area contributed by atoms with Crippen LogP contribution in [-0.4, -0.2) is 17.9 Å². The summed E-state index contributed by atoms with van der Waals surface area (Å²) < 4.78 is 0. The summed E-state index contributed by atoms with van der Waals surface area (Å²) in [5.41, 5.74) is 1.70. The lowest BCUT2D eigenvalue weighted by atomic mass is 10.1. The molecule has 2 amide bonds. The van der Waals surface area contributed by atoms with Gasteiger partial charge in [-0.3, -0.25) is 9.59 Å². The summed E-state index contributed by atoms with van der Waals surface area (Å²) in [4.78, 5) is 22.9. The number of nitrogens with one attached hydrogen (secondary N) is 2. The van der Waals surface area contributed by atoms with E-state index in [1.165, 1.54) is 19.8 Å². The molecule has 1 unspecified atom stereocenters. The molecule has 0 aliphatic heterocycles. The van der Waals surface area contributed by atoms with E-state index >= 15 is 0 Å². The van der Waals surface area contributed by atoms with Gasteiger partial charge in [0, 0.05) is 18.7 Å². The van der Waals surface area contributed by atoms with E-state index < -0.39 is 0 Å². The Morgan fingerprint density at radius 2 is 1.81 bits per heavy atom. The van der Waals surface area contributed by atoms with Gasteiger partial charge < -0.3 is 10.6 Å². The van der Waals surface area contributed by atoms with Crippen LogP contribution < -0.4 is 10.6 Å². The third-order valence-electron chi connectivity index (χ3n) is 3.29. The number of benzene rings is 1. The van der Waals surface area contributed by atoms with Crippen LogP contribution >= 0.6 is 0 Å². The van der Waals surface area contributed by atoms with Crippen LogP contribution in [0.2, 0.25) is 0 Å². The van der Waals surface area contributed by atoms with E-state index in [0.29, 0.717) is 6.42 Å². The maximum atomic E-state index is 11.9. The molecule has 0 aliphatic carbocycles. The number of amides is 2. The molecule has 0 heterocycles. The standard InChI is InChI=1S/C17H26N2O2/c1-4-5-6-7-13(2)18-17(21)12-15-8-10-16(11-9-15)19-14(3)20/h8-11,13H,4-7,12H2,1-3H3,(H,18,21)(H,19,20). The van der Waals surface area contributed by atoms with Gasteiger partial charge in [-0.15, -0.1) is 0 Å². The topological polar surface area (TPSA) is 58.2 Å². The number of rotatable bonds is 8. The number of anilines is 1. The van der Waals surface area contributed by atoms with Crippen molar-refractivity contribution in [3.63, 3.8) is 0 Å². The Bertz CT molecular complexity index is 454. The number of unbranched alkanes of at least 4 members (excludes halogenated alkanes) is 2. The zero-order chi connectivity index (χ0) is 15.7. The Labute approximate surface area is 127 Å². The summed E-state index contributed by atoms with van der Waals surface area (Å²) >= 11 is 0. The van der Waals surface area contributed by atoms with Crippen LogP contribution in [0.5, 0.6) is 0 Å². The van der Waals surface area contributed by atoms with E-state index in [9.17, 15) is 9.59 Å². The average Bonchev–Trinajstić information content (AvgIpc) is 2.40. The van der Waals surface area contributed by atoms with E-state index in [1.807, 2.05) is 31.2 Å². The normalized spacial score (nSPS) is 11.8. The van der Waals surface area contributed by atoms with Crippen LogP contribution in [0, 0.1) is 0 Å². The lowest BCUT2D eigenvalue weighted by molar-refractivity contribution is -0.121. The lowest BCUT2D eigenvalue weighted by Crippen LogP contribution is -2.33. The number of carbonyl (C=O) groups excluding carboxylic acids is 2. The lowest BCUT2D eigenvalue weighted by Gasteiger charge is -2.13. The van der Waals surface area contributed by atoms with Crippen LogP contribution in [0.4, 0.5) is 5.69 Å². The van der Waals surface area contributed by atoms with Crippen molar-refractivity contribution in [1.82, 2.24) is 5.32 Å². The Hall–Kier alpha value is -1.84. The third kappa shape index (κ3) is 7.49. The second-order valence-electron chi connectivity index (χ2n) is 5.52. The molecule has 4 nitrogen and oxygen atoms in total. The van der Waals surface area contributed by atoms with Crippen molar-refractivity contribution in [2.24, 2.45) is 0 Å². The monoisotopic (exact) mass is 290 g/mol. The van der Waals surface area contributed by atoms with Gasteiger partial charge in [0.1, 0.15) is 0 Å². The highest BCUT2D eigenvalue weighted by molar-refractivity contribution is 5.88. The van der Waals surface area contributed by atoms with E-state index in [4.69, 9.17) is 0 Å². The fourth-order valence-electron chi connectivity index (χ4n) is 2.19. The van der Waals surface area contributed by atoms with Gasteiger partial charge in [-0.05, 0) is 31.0 Å². The van der Waals surface area contributed by atoms with E-state index in [-0.39, 0.29) is 17.9 Å². The number of carbonyl (C=O) groups is 2. The zero-order valence-electron chi connectivity index (χ0n) is 13.2. The first kappa shape index (κ1) is 17.2. The smallest absolute Gasteiger partial charge is 0.224 e. The van der Waals surface area contributed by atoms with Gasteiger partial charge in [0.25, 0.3) is 0 Å². The fourth-order valence-corrected chi connectivity index (χ4v) is 2.19. The zero-order valence-corrected chi connectivity index (χ0v) is 13.2. The predicted octanol–water partition coefficient (Wildman–Crippen LogP) is 3.27. The van der Waals surface area contributed by atoms with Crippen molar-refractivity contribution in [3.05, 3.63) is 29.8 Å². The van der Waals surface area contributed by atoms with Crippen molar-refractivity contribution >= 4 is 17.5 Å². The molecule has 116 valence electrons. The van der Waals surface area contributed by atoms with Crippen molar-refractivity contribution < 1.29 is 9.59 Å². The Morgan fingerprint density at radius 3 is 2.38 bits per heavy atom. The van der Waals surface area contributed by atoms with Crippen molar-refractivity contribution in [1.29, 1.82) is 0 Å². The predicted molar refractivity (Wildman–Crippen MR) is 86.2 cm³/mol. The molecule has 1 rings (SSSR count). The van der Waals surface area contributed by atoms with E-state index in [0.717, 1.165) is 24.1 Å². The summed E-state index contributed by atoms with van der Waals surface area (Å²) in [5.74, 6) is -0.0485. The maximum Gasteiger partial charge on any atom is 0.224 e. The van der Waals surface area contributed by atoms with Crippen LogP contribution in [-0.2, 0) is 16.0 Å². The molecular formula is C17H26N2O2. The van der Waals surface area contributed by atoms with E-state index in [2.05, 4.69) is 17.6 Å². The minimum absolute atomic E-state index is 0.0475. The highest BCUT2D eigenvalue weighted by Gasteiger charge is 2.08. The van der Waals surface area contributed by atoms with Crippen LogP contribution in [0.3, 0.4) is 0 Å². The SMILES string of the molecule is CCCCCC(C)NC(=O)Cc1ccc(NC(C)=O)cc1. The minimum atomic E-state index is -0.0959. The number of hydrogen-bond donors (Lipinski definition) is 2. The molecule has 0 spiro atoms. The Morgan fingerprint density at radius 1 is 1.14 bits per heavy atom. The molecule has 21 heavy (non-hydrogen) atoms. The molecule has 1 aromatic carbocycles. The Kier molecular flexibility index (Phi) is 7.51. The van der Waals surface area contributed by atoms with Gasteiger partial charge in [0.15, 0.2) is 0 Å². The maximum absolute atomic E-state index is 11.9. The molecule has 0 fully saturated rings. The van der Waals surface area contributed by atoms with Crippen LogP contribution in [0.25, 0.3) is 0 Å². The largest absolute Gasteiger partial charge is 0.353 e. The summed E-state index contributed by atoms with van der Waals surface area (Å²) in [6.45, 7) is 5.70. The van der Waals surface area contributed by atoms with Crippen molar-refractivity contribution in [2.45, 2.75) is 58.9 Å². The van der Waals surface area contributed by atoms with Gasteiger partial charge in [-0.25, -0.2) is 0 Å². The molecule has 0 saturated heterocycles. The summed E-state index contributed by atoms with van der Waals surface area (Å²) in [7, 11) is 0. The van der Waals surface area contributed by atoms with E-state index in [1.54, 1.807) is 0 Å². The second-order valence-corrected chi connectivity index (χ2v) is 5.52. The van der Waals surface area contributed by atoms with Crippen LogP contribution in [0.1, 0.15) is 52.0 Å². The molecule has 4 heteroatoms. The van der Waals surface area contributed by atoms with Gasteiger partial charge >= 0.3 is 0 Å². The molecular weight excluding hydrogens is 264 g/mol. The highest BCUT2D eigenvalue weighted by atomic mass is 16.2. The molecule has 0 saturated carbocycles. The van der Waals surface area contributed by atoms with Crippen LogP contribution in [0.15, 0.2) is 24.3 Å². The molecule has 1 atom stereocenters. The Balaban J connectivity index is 2.38. The van der Waals surface area contributed by atoms with Crippen molar-refractivity contribution in [3.8, 4) is 0 Å². The summed E-state index contributed by atoms with van der Waals surface area (Å²) in [6.07, 6.45) is 4.97. The summed E-state index contributed by atoms with van der Waals surface area (Å²) in [5, 5.41) is 5.73. The van der Waals surface area contributed by atoms with Gasteiger partial charge in [-0.1, -0.05) is 38.3 Å². The first-order chi connectivity index (χ1) is 10.0. The molecule has 2 N–H and O–H groups in total. The second kappa shape index (κ2) is 9.16. The molecule has 0 bridgehead atoms. The average molecular weight is 290 g/mol. The third-order valence-corrected chi connectivity index (χ3v) is 3.29. The molecule has 1 aromatic rings. The molecule has 0 aromatic heterocycles. The molecule has 0 radical (unpaired) electrons. The minimum Gasteiger partial charge on any atom is -0.353 e. The fraction of sp³-hybridized carbons (Fsp3) is 0.529. The number of hydrogen-bond acceptors (Lipinski definition) is 2. The van der Waals surface area contributed by atoms with Gasteiger partial charge in [0.2, 0.25) is 11.8 Å². The summed E-state index contributed by atoms with van der Waals surface area (Å²) in [6, 6.07) is 7.59.